The average Bonchev–Trinajstić information content (AvgIpc) is 2.59. The average molecular weight is 288 g/mol. The van der Waals surface area contributed by atoms with Gasteiger partial charge in [0.1, 0.15) is 5.75 Å². The highest BCUT2D eigenvalue weighted by atomic mass is 16.5. The first-order valence-corrected chi connectivity index (χ1v) is 7.64. The van der Waals surface area contributed by atoms with Gasteiger partial charge in [-0.05, 0) is 46.9 Å². The molecule has 0 aliphatic carbocycles. The normalized spacial score (nSPS) is 11.1. The number of hydrogen-bond donors (Lipinski definition) is 0. The third-order valence-electron chi connectivity index (χ3n) is 3.88. The SMILES string of the molecule is COc1ccc(CC/C=C\c2cccc3ccccc23)cc1. The predicted octanol–water partition coefficient (Wildman–Crippen LogP) is 5.49. The van der Waals surface area contributed by atoms with Crippen LogP contribution >= 0.6 is 0 Å². The Labute approximate surface area is 131 Å². The number of allylic oxidation sites excluding steroid dienone is 1. The van der Waals surface area contributed by atoms with Crippen LogP contribution in [0.2, 0.25) is 0 Å². The Morgan fingerprint density at radius 1 is 0.864 bits per heavy atom. The molecular formula is C21H20O. The maximum absolute atomic E-state index is 5.18. The van der Waals surface area contributed by atoms with Crippen molar-refractivity contribution in [1.29, 1.82) is 0 Å². The molecule has 0 aliphatic heterocycles. The van der Waals surface area contributed by atoms with E-state index in [0.717, 1.165) is 18.6 Å². The molecule has 3 aromatic carbocycles. The van der Waals surface area contributed by atoms with Gasteiger partial charge in [-0.1, -0.05) is 66.7 Å². The summed E-state index contributed by atoms with van der Waals surface area (Å²) in [5, 5.41) is 2.60. The molecule has 0 saturated carbocycles. The molecule has 3 aromatic rings. The zero-order valence-electron chi connectivity index (χ0n) is 12.8. The number of fused-ring (bicyclic) bond motifs is 1. The summed E-state index contributed by atoms with van der Waals surface area (Å²) in [6.07, 6.45) is 6.57. The Hall–Kier alpha value is -2.54. The van der Waals surface area contributed by atoms with Crippen molar-refractivity contribution in [1.82, 2.24) is 0 Å². The molecule has 0 spiro atoms. The summed E-state index contributed by atoms with van der Waals surface area (Å²) in [6, 6.07) is 23.3. The third kappa shape index (κ3) is 3.37. The first-order valence-electron chi connectivity index (χ1n) is 7.64. The molecule has 0 saturated heterocycles. The van der Waals surface area contributed by atoms with Crippen molar-refractivity contribution in [2.24, 2.45) is 0 Å². The van der Waals surface area contributed by atoms with Gasteiger partial charge in [0.05, 0.1) is 7.11 Å². The molecule has 0 bridgehead atoms. The van der Waals surface area contributed by atoms with Crippen molar-refractivity contribution < 1.29 is 4.74 Å². The van der Waals surface area contributed by atoms with Crippen LogP contribution in [-0.2, 0) is 6.42 Å². The van der Waals surface area contributed by atoms with Crippen LogP contribution in [0.3, 0.4) is 0 Å². The second-order valence-electron chi connectivity index (χ2n) is 5.36. The number of aryl methyl sites for hydroxylation is 1. The number of ether oxygens (including phenoxy) is 1. The molecule has 0 fully saturated rings. The van der Waals surface area contributed by atoms with Gasteiger partial charge in [0.25, 0.3) is 0 Å². The number of hydrogen-bond acceptors (Lipinski definition) is 1. The van der Waals surface area contributed by atoms with E-state index in [-0.39, 0.29) is 0 Å². The van der Waals surface area contributed by atoms with E-state index >= 15 is 0 Å². The van der Waals surface area contributed by atoms with Gasteiger partial charge in [-0.3, -0.25) is 0 Å². The molecule has 0 atom stereocenters. The van der Waals surface area contributed by atoms with Crippen LogP contribution in [0.25, 0.3) is 16.8 Å². The summed E-state index contributed by atoms with van der Waals surface area (Å²) in [4.78, 5) is 0. The van der Waals surface area contributed by atoms with Gasteiger partial charge in [-0.2, -0.15) is 0 Å². The van der Waals surface area contributed by atoms with Gasteiger partial charge in [0.2, 0.25) is 0 Å². The fourth-order valence-corrected chi connectivity index (χ4v) is 2.65. The minimum Gasteiger partial charge on any atom is -0.497 e. The smallest absolute Gasteiger partial charge is 0.118 e. The van der Waals surface area contributed by atoms with Crippen LogP contribution < -0.4 is 4.74 Å². The number of rotatable bonds is 5. The van der Waals surface area contributed by atoms with E-state index in [9.17, 15) is 0 Å². The standard InChI is InChI=1S/C21H20O/c1-22-20-15-13-17(14-16-20)7-2-3-8-18-10-6-11-19-9-4-5-12-21(18)19/h3-6,8-16H,2,7H2,1H3/b8-3-. The first kappa shape index (κ1) is 14.4. The lowest BCUT2D eigenvalue weighted by atomic mass is 10.0. The summed E-state index contributed by atoms with van der Waals surface area (Å²) >= 11 is 0. The maximum atomic E-state index is 5.18. The Bertz CT molecular complexity index is 764. The highest BCUT2D eigenvalue weighted by Gasteiger charge is 1.96. The predicted molar refractivity (Wildman–Crippen MR) is 94.3 cm³/mol. The Morgan fingerprint density at radius 2 is 1.64 bits per heavy atom. The summed E-state index contributed by atoms with van der Waals surface area (Å²) in [7, 11) is 1.70. The monoisotopic (exact) mass is 288 g/mol. The molecule has 1 heteroatoms. The first-order chi connectivity index (χ1) is 10.9. The van der Waals surface area contributed by atoms with Gasteiger partial charge >= 0.3 is 0 Å². The fraction of sp³-hybridized carbons (Fsp3) is 0.143. The number of benzene rings is 3. The summed E-state index contributed by atoms with van der Waals surface area (Å²) in [6.45, 7) is 0. The summed E-state index contributed by atoms with van der Waals surface area (Å²) < 4.78 is 5.18. The van der Waals surface area contributed by atoms with E-state index in [0.29, 0.717) is 0 Å². The van der Waals surface area contributed by atoms with Crippen molar-refractivity contribution in [2.75, 3.05) is 7.11 Å². The van der Waals surface area contributed by atoms with E-state index in [2.05, 4.69) is 66.7 Å². The van der Waals surface area contributed by atoms with E-state index < -0.39 is 0 Å². The van der Waals surface area contributed by atoms with E-state index in [1.165, 1.54) is 21.9 Å². The molecule has 0 N–H and O–H groups in total. The van der Waals surface area contributed by atoms with Gasteiger partial charge in [0.15, 0.2) is 0 Å². The number of methoxy groups -OCH3 is 1. The molecule has 110 valence electrons. The maximum Gasteiger partial charge on any atom is 0.118 e. The molecule has 0 amide bonds. The van der Waals surface area contributed by atoms with E-state index in [4.69, 9.17) is 4.74 Å². The van der Waals surface area contributed by atoms with Crippen LogP contribution in [0, 0.1) is 0 Å². The van der Waals surface area contributed by atoms with Crippen molar-refractivity contribution in [3.63, 3.8) is 0 Å². The van der Waals surface area contributed by atoms with Crippen LogP contribution in [0.4, 0.5) is 0 Å². The lowest BCUT2D eigenvalue weighted by molar-refractivity contribution is 0.414. The molecule has 0 aromatic heterocycles. The molecule has 0 heterocycles. The van der Waals surface area contributed by atoms with Crippen molar-refractivity contribution in [2.45, 2.75) is 12.8 Å². The topological polar surface area (TPSA) is 9.23 Å². The lowest BCUT2D eigenvalue weighted by Gasteiger charge is -2.03. The Balaban J connectivity index is 1.66. The van der Waals surface area contributed by atoms with Crippen LogP contribution in [-0.4, -0.2) is 7.11 Å². The van der Waals surface area contributed by atoms with Crippen LogP contribution in [0.15, 0.2) is 72.8 Å². The van der Waals surface area contributed by atoms with Gasteiger partial charge in [-0.25, -0.2) is 0 Å². The molecule has 0 radical (unpaired) electrons. The molecule has 22 heavy (non-hydrogen) atoms. The Kier molecular flexibility index (Phi) is 4.55. The van der Waals surface area contributed by atoms with Crippen molar-refractivity contribution in [3.8, 4) is 5.75 Å². The molecule has 3 rings (SSSR count). The van der Waals surface area contributed by atoms with Crippen molar-refractivity contribution >= 4 is 16.8 Å². The minimum absolute atomic E-state index is 0.912. The zero-order valence-corrected chi connectivity index (χ0v) is 12.8. The third-order valence-corrected chi connectivity index (χ3v) is 3.88. The minimum atomic E-state index is 0.912. The second kappa shape index (κ2) is 6.95. The lowest BCUT2D eigenvalue weighted by Crippen LogP contribution is -1.85. The zero-order chi connectivity index (χ0) is 15.2. The molecule has 0 aliphatic rings. The quantitative estimate of drug-likeness (QED) is 0.603. The van der Waals surface area contributed by atoms with E-state index in [1.54, 1.807) is 7.11 Å². The van der Waals surface area contributed by atoms with Crippen LogP contribution in [0.5, 0.6) is 5.75 Å². The largest absolute Gasteiger partial charge is 0.497 e. The van der Waals surface area contributed by atoms with Crippen LogP contribution in [0.1, 0.15) is 17.5 Å². The van der Waals surface area contributed by atoms with Crippen molar-refractivity contribution in [3.05, 3.63) is 83.9 Å². The van der Waals surface area contributed by atoms with Gasteiger partial charge < -0.3 is 4.74 Å². The van der Waals surface area contributed by atoms with Gasteiger partial charge in [0, 0.05) is 0 Å². The van der Waals surface area contributed by atoms with Gasteiger partial charge in [-0.15, -0.1) is 0 Å². The highest BCUT2D eigenvalue weighted by Crippen LogP contribution is 2.20. The molecule has 1 nitrogen and oxygen atoms in total. The van der Waals surface area contributed by atoms with E-state index in [1.807, 2.05) is 12.1 Å². The fourth-order valence-electron chi connectivity index (χ4n) is 2.65. The molecular weight excluding hydrogens is 268 g/mol. The summed E-state index contributed by atoms with van der Waals surface area (Å²) in [5.41, 5.74) is 2.62. The highest BCUT2D eigenvalue weighted by molar-refractivity contribution is 5.90. The molecule has 0 unspecified atom stereocenters. The summed E-state index contributed by atoms with van der Waals surface area (Å²) in [5.74, 6) is 0.912. The Morgan fingerprint density at radius 3 is 2.45 bits per heavy atom. The second-order valence-corrected chi connectivity index (χ2v) is 5.36.